The molecule has 0 fully saturated rings. The average molecular weight is 717 g/mol. The van der Waals surface area contributed by atoms with Crippen LogP contribution in [0, 0.1) is 5.92 Å². The molecule has 3 amide bonds. The zero-order valence-electron chi connectivity index (χ0n) is 29.6. The predicted octanol–water partition coefficient (Wildman–Crippen LogP) is 6.60. The summed E-state index contributed by atoms with van der Waals surface area (Å²) in [7, 11) is -2.21. The number of aliphatic hydroxyl groups is 1. The largest absolute Gasteiger partial charge is 0.490 e. The lowest BCUT2D eigenvalue weighted by Crippen LogP contribution is -2.48. The summed E-state index contributed by atoms with van der Waals surface area (Å²) < 4.78 is 41.6. The van der Waals surface area contributed by atoms with Crippen molar-refractivity contribution in [2.75, 3.05) is 43.4 Å². The maximum atomic E-state index is 14.4. The molecule has 272 valence electrons. The third-order valence-electron chi connectivity index (χ3n) is 9.19. The first kappa shape index (κ1) is 37.6. The first-order valence-electron chi connectivity index (χ1n) is 17.4. The van der Waals surface area contributed by atoms with Gasteiger partial charge in [0.25, 0.3) is 15.9 Å². The zero-order valence-corrected chi connectivity index (χ0v) is 30.4. The molecule has 3 N–H and O–H groups in total. The van der Waals surface area contributed by atoms with Gasteiger partial charge in [-0.2, -0.15) is 0 Å². The third kappa shape index (κ3) is 9.57. The van der Waals surface area contributed by atoms with Crippen molar-refractivity contribution < 1.29 is 32.6 Å². The number of hydrogen-bond donors (Lipinski definition) is 3. The molecule has 4 aromatic rings. The Kier molecular flexibility index (Phi) is 12.6. The number of rotatable bonds is 8. The number of aliphatic hydroxyl groups excluding tert-OH is 1. The minimum Gasteiger partial charge on any atom is -0.490 e. The number of benzene rings is 4. The van der Waals surface area contributed by atoms with Crippen molar-refractivity contribution in [1.29, 1.82) is 0 Å². The molecule has 0 saturated carbocycles. The van der Waals surface area contributed by atoms with Crippen molar-refractivity contribution in [1.82, 2.24) is 9.80 Å². The van der Waals surface area contributed by atoms with Gasteiger partial charge in [-0.05, 0) is 74.9 Å². The Balaban J connectivity index is 1.40. The minimum absolute atomic E-state index is 0.0902. The van der Waals surface area contributed by atoms with Crippen molar-refractivity contribution in [3.8, 4) is 5.75 Å². The van der Waals surface area contributed by atoms with Crippen LogP contribution in [0.5, 0.6) is 5.75 Å². The summed E-state index contributed by atoms with van der Waals surface area (Å²) in [5.74, 6) is -0.362. The van der Waals surface area contributed by atoms with E-state index in [-0.39, 0.29) is 53.9 Å². The number of urea groups is 1. The van der Waals surface area contributed by atoms with Gasteiger partial charge < -0.3 is 29.7 Å². The molecule has 0 spiro atoms. The smallest absolute Gasteiger partial charge is 0.321 e. The summed E-state index contributed by atoms with van der Waals surface area (Å²) in [4.78, 5) is 31.1. The van der Waals surface area contributed by atoms with E-state index in [0.717, 1.165) is 23.6 Å². The molecule has 0 aromatic heterocycles. The Hall–Kier alpha value is -4.65. The molecular formula is C39H48N4O7S. The number of carbonyl (C=O) groups is 2. The van der Waals surface area contributed by atoms with Crippen LogP contribution in [0.1, 0.15) is 50.4 Å². The van der Waals surface area contributed by atoms with Gasteiger partial charge in [-0.3, -0.25) is 9.52 Å². The number of nitrogens with zero attached hydrogens (tertiary/aromatic N) is 2. The molecule has 12 heteroatoms. The lowest BCUT2D eigenvalue weighted by Gasteiger charge is -2.35. The van der Waals surface area contributed by atoms with Gasteiger partial charge in [-0.1, -0.05) is 61.5 Å². The van der Waals surface area contributed by atoms with Crippen LogP contribution in [-0.4, -0.2) is 86.9 Å². The van der Waals surface area contributed by atoms with Gasteiger partial charge in [0.1, 0.15) is 5.75 Å². The molecule has 1 aliphatic rings. The highest BCUT2D eigenvalue weighted by molar-refractivity contribution is 7.92. The van der Waals surface area contributed by atoms with E-state index in [1.807, 2.05) is 56.3 Å². The molecular weight excluding hydrogens is 669 g/mol. The van der Waals surface area contributed by atoms with E-state index in [4.69, 9.17) is 9.47 Å². The van der Waals surface area contributed by atoms with Gasteiger partial charge in [0.2, 0.25) is 0 Å². The number of nitrogens with one attached hydrogen (secondary N) is 2. The van der Waals surface area contributed by atoms with Gasteiger partial charge >= 0.3 is 6.03 Å². The number of hydrogen-bond acceptors (Lipinski definition) is 7. The van der Waals surface area contributed by atoms with E-state index < -0.39 is 28.1 Å². The minimum atomic E-state index is -3.93. The molecule has 0 aliphatic carbocycles. The normalized spacial score (nSPS) is 19.7. The van der Waals surface area contributed by atoms with Gasteiger partial charge in [0, 0.05) is 43.7 Å². The summed E-state index contributed by atoms with van der Waals surface area (Å²) in [5, 5.41) is 15.3. The third-order valence-corrected chi connectivity index (χ3v) is 10.6. The number of amides is 3. The molecule has 0 radical (unpaired) electrons. The van der Waals surface area contributed by atoms with Gasteiger partial charge in [0.05, 0.1) is 41.0 Å². The van der Waals surface area contributed by atoms with Crippen molar-refractivity contribution in [3.63, 3.8) is 0 Å². The molecule has 1 heterocycles. The number of carbonyl (C=O) groups excluding carboxylic acids is 2. The standard InChI is InChI=1S/C39H48N4O7S/c1-27-24-43(28(2)26-44)38(45)34-23-31(41-51(47,48)32-16-6-5-7-17-32)20-21-36(34)50-29(3)13-10-11-22-49-37(27)25-42(4)39(46)40-35-19-12-15-30-14-8-9-18-33(30)35/h5-9,12,14-21,23,27-29,37,41,44H,10-11,13,22,24-26H2,1-4H3,(H,40,46)/t27-,28-,29-,37-/m1/s1. The SMILES string of the molecule is C[C@@H]1CCCCO[C@H](CN(C)C(=O)Nc2cccc3ccccc23)[C@H](C)CN([C@H](C)CO)C(=O)c2cc(NS(=O)(=O)c3ccccc3)ccc2O1. The highest BCUT2D eigenvalue weighted by Crippen LogP contribution is 2.30. The van der Waals surface area contributed by atoms with Gasteiger partial charge in [0.15, 0.2) is 0 Å². The van der Waals surface area contributed by atoms with Crippen LogP contribution < -0.4 is 14.8 Å². The Morgan fingerprint density at radius 3 is 2.49 bits per heavy atom. The van der Waals surface area contributed by atoms with E-state index in [9.17, 15) is 23.1 Å². The van der Waals surface area contributed by atoms with Crippen LogP contribution in [0.3, 0.4) is 0 Å². The summed E-state index contributed by atoms with van der Waals surface area (Å²) in [6, 6.07) is 25.4. The fourth-order valence-corrected chi connectivity index (χ4v) is 7.23. The molecule has 0 saturated heterocycles. The summed E-state index contributed by atoms with van der Waals surface area (Å²) in [5.41, 5.74) is 1.08. The van der Waals surface area contributed by atoms with E-state index in [2.05, 4.69) is 10.0 Å². The van der Waals surface area contributed by atoms with Crippen molar-refractivity contribution in [2.45, 2.75) is 63.2 Å². The number of fused-ring (bicyclic) bond motifs is 2. The van der Waals surface area contributed by atoms with Gasteiger partial charge in [-0.15, -0.1) is 0 Å². The van der Waals surface area contributed by atoms with Crippen LogP contribution in [-0.2, 0) is 14.8 Å². The first-order valence-corrected chi connectivity index (χ1v) is 18.9. The molecule has 1 aliphatic heterocycles. The summed E-state index contributed by atoms with van der Waals surface area (Å²) in [6.07, 6.45) is 1.60. The maximum Gasteiger partial charge on any atom is 0.321 e. The van der Waals surface area contributed by atoms with Gasteiger partial charge in [-0.25, -0.2) is 13.2 Å². The van der Waals surface area contributed by atoms with E-state index >= 15 is 0 Å². The lowest BCUT2D eigenvalue weighted by molar-refractivity contribution is -0.0115. The molecule has 4 atom stereocenters. The summed E-state index contributed by atoms with van der Waals surface area (Å²) in [6.45, 7) is 6.25. The topological polar surface area (TPSA) is 138 Å². The van der Waals surface area contributed by atoms with E-state index in [0.29, 0.717) is 24.5 Å². The molecule has 0 unspecified atom stereocenters. The van der Waals surface area contributed by atoms with E-state index in [1.54, 1.807) is 54.1 Å². The number of likely N-dealkylation sites (N-methyl/N-ethyl adjacent to an activating group) is 1. The monoisotopic (exact) mass is 716 g/mol. The second-order valence-electron chi connectivity index (χ2n) is 13.3. The van der Waals surface area contributed by atoms with Crippen molar-refractivity contribution in [3.05, 3.63) is 96.6 Å². The number of sulfonamides is 1. The van der Waals surface area contributed by atoms with Crippen LogP contribution >= 0.6 is 0 Å². The summed E-state index contributed by atoms with van der Waals surface area (Å²) >= 11 is 0. The lowest BCUT2D eigenvalue weighted by atomic mass is 10.0. The van der Waals surface area contributed by atoms with Crippen LogP contribution in [0.25, 0.3) is 10.8 Å². The highest BCUT2D eigenvalue weighted by atomic mass is 32.2. The number of anilines is 2. The second-order valence-corrected chi connectivity index (χ2v) is 14.9. The molecule has 5 rings (SSSR count). The first-order chi connectivity index (χ1) is 24.5. The van der Waals surface area contributed by atoms with Crippen LogP contribution in [0.4, 0.5) is 16.2 Å². The average Bonchev–Trinajstić information content (AvgIpc) is 3.13. The fourth-order valence-electron chi connectivity index (χ4n) is 6.16. The Morgan fingerprint density at radius 1 is 1.00 bits per heavy atom. The molecule has 4 aromatic carbocycles. The Bertz CT molecular complexity index is 1900. The quantitative estimate of drug-likeness (QED) is 0.187. The highest BCUT2D eigenvalue weighted by Gasteiger charge is 2.31. The fraction of sp³-hybridized carbons (Fsp3) is 0.385. The predicted molar refractivity (Wildman–Crippen MR) is 200 cm³/mol. The molecule has 0 bridgehead atoms. The van der Waals surface area contributed by atoms with Crippen LogP contribution in [0.2, 0.25) is 0 Å². The van der Waals surface area contributed by atoms with Crippen LogP contribution in [0.15, 0.2) is 95.9 Å². The van der Waals surface area contributed by atoms with E-state index in [1.165, 1.54) is 18.2 Å². The second kappa shape index (κ2) is 17.0. The van der Waals surface area contributed by atoms with Crippen molar-refractivity contribution in [2.24, 2.45) is 5.92 Å². The van der Waals surface area contributed by atoms with Crippen molar-refractivity contribution >= 4 is 44.1 Å². The maximum absolute atomic E-state index is 14.4. The Labute approximate surface area is 300 Å². The molecule has 11 nitrogen and oxygen atoms in total. The Morgan fingerprint density at radius 2 is 1.73 bits per heavy atom. The number of ether oxygens (including phenoxy) is 2. The molecule has 51 heavy (non-hydrogen) atoms. The zero-order chi connectivity index (χ0) is 36.5.